The third-order valence-electron chi connectivity index (χ3n) is 5.21. The van der Waals surface area contributed by atoms with Crippen molar-refractivity contribution in [1.29, 1.82) is 0 Å². The molecule has 27 heavy (non-hydrogen) atoms. The fraction of sp³-hybridized carbons (Fsp3) is 0.400. The Hall–Kier alpha value is -2.32. The molecule has 1 saturated heterocycles. The molecule has 142 valence electrons. The van der Waals surface area contributed by atoms with Crippen molar-refractivity contribution in [3.8, 4) is 0 Å². The van der Waals surface area contributed by atoms with Crippen LogP contribution in [0.15, 0.2) is 48.9 Å². The summed E-state index contributed by atoms with van der Waals surface area (Å²) in [7, 11) is 0. The van der Waals surface area contributed by atoms with E-state index in [1.54, 1.807) is 10.8 Å². The zero-order valence-corrected chi connectivity index (χ0v) is 15.0. The molecule has 1 aromatic carbocycles. The molecule has 0 radical (unpaired) electrons. The van der Waals surface area contributed by atoms with Gasteiger partial charge in [-0.05, 0) is 31.4 Å². The molecule has 0 unspecified atom stereocenters. The second kappa shape index (κ2) is 7.36. The number of aromatic nitrogens is 3. The molecule has 3 heterocycles. The number of aliphatic hydroxyl groups is 3. The van der Waals surface area contributed by atoms with E-state index >= 15 is 0 Å². The first-order chi connectivity index (χ1) is 13.1. The molecule has 0 saturated carbocycles. The smallest absolute Gasteiger partial charge is 0.164 e. The zero-order chi connectivity index (χ0) is 19.0. The molecule has 0 bridgehead atoms. The molecule has 0 spiro atoms. The van der Waals surface area contributed by atoms with Crippen molar-refractivity contribution in [2.24, 2.45) is 0 Å². The van der Waals surface area contributed by atoms with Crippen LogP contribution in [-0.4, -0.2) is 54.3 Å². The van der Waals surface area contributed by atoms with Gasteiger partial charge in [-0.1, -0.05) is 30.3 Å². The van der Waals surface area contributed by atoms with Crippen molar-refractivity contribution < 1.29 is 20.1 Å². The Labute approximate surface area is 156 Å². The van der Waals surface area contributed by atoms with Gasteiger partial charge in [0.05, 0.1) is 11.8 Å². The van der Waals surface area contributed by atoms with Crippen molar-refractivity contribution >= 4 is 11.0 Å². The summed E-state index contributed by atoms with van der Waals surface area (Å²) in [5, 5.41) is 32.3. The Kier molecular flexibility index (Phi) is 4.92. The molecule has 0 amide bonds. The van der Waals surface area contributed by atoms with E-state index in [1.807, 2.05) is 43.3 Å². The quantitative estimate of drug-likeness (QED) is 0.628. The van der Waals surface area contributed by atoms with Gasteiger partial charge in [0.2, 0.25) is 0 Å². The van der Waals surface area contributed by atoms with E-state index in [9.17, 15) is 15.3 Å². The lowest BCUT2D eigenvalue weighted by Crippen LogP contribution is -2.38. The van der Waals surface area contributed by atoms with E-state index in [2.05, 4.69) is 9.97 Å². The summed E-state index contributed by atoms with van der Waals surface area (Å²) in [6.07, 6.45) is -0.611. The largest absolute Gasteiger partial charge is 0.390 e. The number of hydrogen-bond donors (Lipinski definition) is 3. The first kappa shape index (κ1) is 18.1. The fourth-order valence-corrected chi connectivity index (χ4v) is 3.66. The van der Waals surface area contributed by atoms with Crippen LogP contribution >= 0.6 is 0 Å². The first-order valence-electron chi connectivity index (χ1n) is 9.08. The van der Waals surface area contributed by atoms with Crippen LogP contribution in [0, 0.1) is 6.92 Å². The van der Waals surface area contributed by atoms with Gasteiger partial charge in [0, 0.05) is 11.6 Å². The molecular weight excluding hydrogens is 346 g/mol. The van der Waals surface area contributed by atoms with Gasteiger partial charge in [-0.3, -0.25) is 0 Å². The Balaban J connectivity index is 1.51. The lowest BCUT2D eigenvalue weighted by atomic mass is 9.99. The zero-order valence-electron chi connectivity index (χ0n) is 15.0. The summed E-state index contributed by atoms with van der Waals surface area (Å²) < 4.78 is 7.56. The van der Waals surface area contributed by atoms with E-state index in [-0.39, 0.29) is 0 Å². The molecule has 4 rings (SSSR count). The Morgan fingerprint density at radius 2 is 1.89 bits per heavy atom. The number of fused-ring (bicyclic) bond motifs is 1. The highest BCUT2D eigenvalue weighted by Gasteiger charge is 2.46. The number of ether oxygens (including phenoxy) is 1. The van der Waals surface area contributed by atoms with E-state index < -0.39 is 30.6 Å². The monoisotopic (exact) mass is 369 g/mol. The number of benzene rings is 1. The second-order valence-electron chi connectivity index (χ2n) is 6.98. The van der Waals surface area contributed by atoms with Gasteiger partial charge in [-0.2, -0.15) is 0 Å². The Morgan fingerprint density at radius 1 is 1.11 bits per heavy atom. The Bertz CT molecular complexity index is 914. The normalized spacial score (nSPS) is 26.5. The molecule has 5 atom stereocenters. The van der Waals surface area contributed by atoms with Crippen molar-refractivity contribution in [3.05, 3.63) is 60.2 Å². The van der Waals surface area contributed by atoms with Crippen LogP contribution in [0.1, 0.15) is 23.9 Å². The molecule has 3 aromatic rings. The van der Waals surface area contributed by atoms with Crippen LogP contribution < -0.4 is 0 Å². The van der Waals surface area contributed by atoms with Gasteiger partial charge in [0.15, 0.2) is 6.23 Å². The molecule has 0 aliphatic carbocycles. The SMILES string of the molecule is Cc1ncnc2c1ccn2[C@@H]1O[C@H]([C@@H](O)CCc2ccccc2)[C@@H](O)[C@H]1O. The van der Waals surface area contributed by atoms with Crippen LogP contribution in [0.3, 0.4) is 0 Å². The van der Waals surface area contributed by atoms with Crippen molar-refractivity contribution in [2.75, 3.05) is 0 Å². The molecule has 1 aliphatic heterocycles. The van der Waals surface area contributed by atoms with Gasteiger partial charge >= 0.3 is 0 Å². The molecule has 1 aliphatic rings. The number of hydrogen-bond acceptors (Lipinski definition) is 6. The average Bonchev–Trinajstić information content (AvgIpc) is 3.23. The first-order valence-corrected chi connectivity index (χ1v) is 9.08. The highest BCUT2D eigenvalue weighted by Crippen LogP contribution is 2.34. The summed E-state index contributed by atoms with van der Waals surface area (Å²) in [6.45, 7) is 1.88. The average molecular weight is 369 g/mol. The maximum absolute atomic E-state index is 10.5. The third-order valence-corrected chi connectivity index (χ3v) is 5.21. The number of nitrogens with zero attached hydrogens (tertiary/aromatic N) is 3. The molecule has 7 nitrogen and oxygen atoms in total. The van der Waals surface area contributed by atoms with Crippen LogP contribution in [0.5, 0.6) is 0 Å². The predicted molar refractivity (Wildman–Crippen MR) is 99.0 cm³/mol. The summed E-state index contributed by atoms with van der Waals surface area (Å²) in [4.78, 5) is 8.43. The van der Waals surface area contributed by atoms with Crippen LogP contribution in [0.4, 0.5) is 0 Å². The van der Waals surface area contributed by atoms with Crippen molar-refractivity contribution in [1.82, 2.24) is 14.5 Å². The van der Waals surface area contributed by atoms with Crippen molar-refractivity contribution in [2.45, 2.75) is 50.4 Å². The minimum Gasteiger partial charge on any atom is -0.390 e. The van der Waals surface area contributed by atoms with E-state index in [0.29, 0.717) is 18.5 Å². The minimum absolute atomic E-state index is 0.429. The summed E-state index contributed by atoms with van der Waals surface area (Å²) >= 11 is 0. The molecule has 2 aromatic heterocycles. The third kappa shape index (κ3) is 3.35. The van der Waals surface area contributed by atoms with Crippen LogP contribution in [-0.2, 0) is 11.2 Å². The van der Waals surface area contributed by atoms with E-state index in [1.165, 1.54) is 6.33 Å². The lowest BCUT2D eigenvalue weighted by Gasteiger charge is -2.21. The van der Waals surface area contributed by atoms with Crippen molar-refractivity contribution in [3.63, 3.8) is 0 Å². The van der Waals surface area contributed by atoms with E-state index in [4.69, 9.17) is 4.74 Å². The van der Waals surface area contributed by atoms with Gasteiger partial charge in [0.1, 0.15) is 30.3 Å². The lowest BCUT2D eigenvalue weighted by molar-refractivity contribution is -0.0850. The number of rotatable bonds is 5. The van der Waals surface area contributed by atoms with Gasteiger partial charge in [0.25, 0.3) is 0 Å². The summed E-state index contributed by atoms with van der Waals surface area (Å²) in [6, 6.07) is 11.7. The predicted octanol–water partition coefficient (Wildman–Crippen LogP) is 1.35. The molecular formula is C20H23N3O4. The summed E-state index contributed by atoms with van der Waals surface area (Å²) in [5.74, 6) is 0. The number of aryl methyl sites for hydroxylation is 2. The highest BCUT2D eigenvalue weighted by atomic mass is 16.6. The second-order valence-corrected chi connectivity index (χ2v) is 6.98. The highest BCUT2D eigenvalue weighted by molar-refractivity contribution is 5.78. The maximum Gasteiger partial charge on any atom is 0.164 e. The van der Waals surface area contributed by atoms with Gasteiger partial charge < -0.3 is 24.6 Å². The number of aliphatic hydroxyl groups excluding tert-OH is 3. The van der Waals surface area contributed by atoms with Gasteiger partial charge in [-0.25, -0.2) is 9.97 Å². The molecule has 3 N–H and O–H groups in total. The fourth-order valence-electron chi connectivity index (χ4n) is 3.66. The Morgan fingerprint density at radius 3 is 2.67 bits per heavy atom. The van der Waals surface area contributed by atoms with Crippen LogP contribution in [0.25, 0.3) is 11.0 Å². The topological polar surface area (TPSA) is 101 Å². The van der Waals surface area contributed by atoms with Crippen LogP contribution in [0.2, 0.25) is 0 Å². The molecule has 1 fully saturated rings. The maximum atomic E-state index is 10.5. The van der Waals surface area contributed by atoms with E-state index in [0.717, 1.165) is 16.6 Å². The summed E-state index contributed by atoms with van der Waals surface area (Å²) in [5.41, 5.74) is 2.55. The minimum atomic E-state index is -1.18. The standard InChI is InChI=1S/C20H23N3O4/c1-12-14-9-10-23(19(14)22-11-21-12)20-17(26)16(25)18(27-20)15(24)8-7-13-5-3-2-4-6-13/h2-6,9-11,15-18,20,24-26H,7-8H2,1H3/t15-,16-,17+,18+,20+/m0/s1. The van der Waals surface area contributed by atoms with Gasteiger partial charge in [-0.15, -0.1) is 0 Å². The molecule has 7 heteroatoms.